The molecule has 0 aliphatic rings. The van der Waals surface area contributed by atoms with E-state index in [0.717, 1.165) is 12.1 Å². The maximum absolute atomic E-state index is 11.3. The van der Waals surface area contributed by atoms with Crippen molar-refractivity contribution >= 4 is 27.4 Å². The largest absolute Gasteiger partial charge is 0.502 e. The van der Waals surface area contributed by atoms with E-state index in [-0.39, 0.29) is 16.5 Å². The second-order valence-electron chi connectivity index (χ2n) is 2.81. The van der Waals surface area contributed by atoms with Crippen molar-refractivity contribution in [1.29, 1.82) is 5.26 Å². The third-order valence-corrected chi connectivity index (χ3v) is 2.36. The number of nitro groups is 1. The summed E-state index contributed by atoms with van der Waals surface area (Å²) in [5.74, 6) is -1.06. The number of phenols is 1. The molecule has 0 spiro atoms. The molecule has 1 aromatic carbocycles. The number of rotatable bonds is 3. The number of nitrogens with zero attached hydrogens (tertiary/aromatic N) is 2. The van der Waals surface area contributed by atoms with Crippen LogP contribution in [0.15, 0.2) is 12.1 Å². The Morgan fingerprint density at radius 1 is 1.62 bits per heavy atom. The number of phenolic OH excluding ortho intramolecular Hbond substituents is 1. The van der Waals surface area contributed by atoms with Gasteiger partial charge in [0.05, 0.1) is 15.8 Å². The van der Waals surface area contributed by atoms with Crippen molar-refractivity contribution in [2.75, 3.05) is 5.33 Å². The summed E-state index contributed by atoms with van der Waals surface area (Å²) >= 11 is 2.91. The highest BCUT2D eigenvalue weighted by atomic mass is 79.9. The summed E-state index contributed by atoms with van der Waals surface area (Å²) in [5.41, 5.74) is -0.765. The van der Waals surface area contributed by atoms with E-state index in [1.165, 1.54) is 0 Å². The van der Waals surface area contributed by atoms with Crippen molar-refractivity contribution in [2.24, 2.45) is 0 Å². The van der Waals surface area contributed by atoms with Gasteiger partial charge in [0.25, 0.3) is 0 Å². The summed E-state index contributed by atoms with van der Waals surface area (Å²) in [7, 11) is 0. The minimum absolute atomic E-state index is 0.0288. The number of carbonyl (C=O) groups is 1. The lowest BCUT2D eigenvalue weighted by Gasteiger charge is -2.02. The number of hydrogen-bond donors (Lipinski definition) is 1. The van der Waals surface area contributed by atoms with E-state index in [4.69, 9.17) is 5.26 Å². The first-order valence-corrected chi connectivity index (χ1v) is 5.14. The van der Waals surface area contributed by atoms with E-state index in [1.807, 2.05) is 0 Å². The molecule has 0 saturated carbocycles. The fourth-order valence-corrected chi connectivity index (χ4v) is 1.42. The number of halogens is 1. The molecule has 7 heteroatoms. The predicted molar refractivity (Wildman–Crippen MR) is 57.6 cm³/mol. The lowest BCUT2D eigenvalue weighted by molar-refractivity contribution is -0.385. The molecule has 0 heterocycles. The fourth-order valence-electron chi connectivity index (χ4n) is 1.12. The third-order valence-electron chi connectivity index (χ3n) is 1.85. The van der Waals surface area contributed by atoms with Crippen LogP contribution in [0.2, 0.25) is 0 Å². The third kappa shape index (κ3) is 2.17. The molecule has 82 valence electrons. The summed E-state index contributed by atoms with van der Waals surface area (Å²) in [5, 5.41) is 28.5. The minimum atomic E-state index is -0.821. The second-order valence-corrected chi connectivity index (χ2v) is 3.37. The Morgan fingerprint density at radius 2 is 2.25 bits per heavy atom. The molecule has 6 nitrogen and oxygen atoms in total. The highest BCUT2D eigenvalue weighted by Gasteiger charge is 2.20. The van der Waals surface area contributed by atoms with Gasteiger partial charge in [-0.05, 0) is 6.07 Å². The molecule has 0 atom stereocenters. The van der Waals surface area contributed by atoms with E-state index < -0.39 is 22.1 Å². The highest BCUT2D eigenvalue weighted by molar-refractivity contribution is 9.09. The summed E-state index contributed by atoms with van der Waals surface area (Å²) < 4.78 is 0. The number of Topliss-reactive ketones (excluding diaryl/α,β-unsaturated/α-hetero) is 1. The number of nitro benzene ring substituents is 1. The van der Waals surface area contributed by atoms with Gasteiger partial charge in [0, 0.05) is 11.6 Å². The van der Waals surface area contributed by atoms with E-state index in [1.54, 1.807) is 6.07 Å². The summed E-state index contributed by atoms with van der Waals surface area (Å²) in [6.07, 6.45) is 0. The van der Waals surface area contributed by atoms with Gasteiger partial charge in [0.1, 0.15) is 6.07 Å². The van der Waals surface area contributed by atoms with Crippen LogP contribution < -0.4 is 0 Å². The van der Waals surface area contributed by atoms with Crippen LogP contribution in [0.25, 0.3) is 0 Å². The number of alkyl halides is 1. The van der Waals surface area contributed by atoms with Crippen molar-refractivity contribution < 1.29 is 14.8 Å². The van der Waals surface area contributed by atoms with E-state index in [2.05, 4.69) is 15.9 Å². The molecule has 0 radical (unpaired) electrons. The van der Waals surface area contributed by atoms with Crippen LogP contribution in [-0.2, 0) is 0 Å². The van der Waals surface area contributed by atoms with Crippen LogP contribution >= 0.6 is 15.9 Å². The van der Waals surface area contributed by atoms with Crippen LogP contribution in [-0.4, -0.2) is 21.1 Å². The number of nitriles is 1. The summed E-state index contributed by atoms with van der Waals surface area (Å²) in [4.78, 5) is 21.0. The van der Waals surface area contributed by atoms with Gasteiger partial charge >= 0.3 is 5.69 Å². The first-order chi connectivity index (χ1) is 7.51. The standard InChI is InChI=1S/C9H5BrN2O4/c10-3-9(14)6-2-8(13)7(12(15)16)1-5(6)4-11/h1-2,13H,3H2. The fraction of sp³-hybridized carbons (Fsp3) is 0.111. The molecule has 0 amide bonds. The van der Waals surface area contributed by atoms with Gasteiger partial charge < -0.3 is 5.11 Å². The smallest absolute Gasteiger partial charge is 0.312 e. The van der Waals surface area contributed by atoms with Gasteiger partial charge in [0.2, 0.25) is 0 Å². The van der Waals surface area contributed by atoms with E-state index in [0.29, 0.717) is 0 Å². The van der Waals surface area contributed by atoms with E-state index in [9.17, 15) is 20.0 Å². The topological polar surface area (TPSA) is 104 Å². The Labute approximate surface area is 98.4 Å². The Balaban J connectivity index is 3.45. The van der Waals surface area contributed by atoms with E-state index >= 15 is 0 Å². The second kappa shape index (κ2) is 4.72. The van der Waals surface area contributed by atoms with Crippen LogP contribution in [0.4, 0.5) is 5.69 Å². The zero-order valence-corrected chi connectivity index (χ0v) is 9.39. The predicted octanol–water partition coefficient (Wildman–Crippen LogP) is 1.75. The van der Waals surface area contributed by atoms with Gasteiger partial charge in [0.15, 0.2) is 11.5 Å². The number of ketones is 1. The number of benzene rings is 1. The van der Waals surface area contributed by atoms with Gasteiger partial charge in [-0.1, -0.05) is 15.9 Å². The van der Waals surface area contributed by atoms with Crippen molar-refractivity contribution in [3.05, 3.63) is 33.4 Å². The van der Waals surface area contributed by atoms with Crippen molar-refractivity contribution in [1.82, 2.24) is 0 Å². The normalized spacial score (nSPS) is 9.50. The maximum Gasteiger partial charge on any atom is 0.312 e. The molecular formula is C9H5BrN2O4. The first kappa shape index (κ1) is 12.1. The molecule has 0 aromatic heterocycles. The molecule has 1 rings (SSSR count). The Morgan fingerprint density at radius 3 is 2.69 bits per heavy atom. The molecule has 1 aromatic rings. The Bertz CT molecular complexity index is 507. The Kier molecular flexibility index (Phi) is 3.58. The first-order valence-electron chi connectivity index (χ1n) is 4.02. The number of aromatic hydroxyl groups is 1. The molecule has 0 saturated heterocycles. The van der Waals surface area contributed by atoms with Gasteiger partial charge in [-0.2, -0.15) is 5.26 Å². The summed E-state index contributed by atoms with van der Waals surface area (Å²) in [6, 6.07) is 3.49. The van der Waals surface area contributed by atoms with Crippen molar-refractivity contribution in [3.63, 3.8) is 0 Å². The lowest BCUT2D eigenvalue weighted by Crippen LogP contribution is -2.04. The lowest BCUT2D eigenvalue weighted by atomic mass is 10.0. The van der Waals surface area contributed by atoms with Crippen molar-refractivity contribution in [3.8, 4) is 11.8 Å². The monoisotopic (exact) mass is 284 g/mol. The zero-order valence-electron chi connectivity index (χ0n) is 7.81. The average Bonchev–Trinajstić information content (AvgIpc) is 2.27. The van der Waals surface area contributed by atoms with Crippen LogP contribution in [0.1, 0.15) is 15.9 Å². The van der Waals surface area contributed by atoms with Gasteiger partial charge in [-0.3, -0.25) is 14.9 Å². The maximum atomic E-state index is 11.3. The molecule has 1 N–H and O–H groups in total. The highest BCUT2D eigenvalue weighted by Crippen LogP contribution is 2.29. The molecule has 0 aliphatic carbocycles. The molecule has 0 fully saturated rings. The van der Waals surface area contributed by atoms with Crippen LogP contribution in [0, 0.1) is 21.4 Å². The minimum Gasteiger partial charge on any atom is -0.502 e. The number of carbonyl (C=O) groups excluding carboxylic acids is 1. The molecule has 0 unspecified atom stereocenters. The zero-order chi connectivity index (χ0) is 12.3. The Hall–Kier alpha value is -1.94. The van der Waals surface area contributed by atoms with Crippen LogP contribution in [0.5, 0.6) is 5.75 Å². The van der Waals surface area contributed by atoms with Gasteiger partial charge in [-0.25, -0.2) is 0 Å². The SMILES string of the molecule is N#Cc1cc([N+](=O)[O-])c(O)cc1C(=O)CBr. The number of hydrogen-bond acceptors (Lipinski definition) is 5. The molecule has 0 aliphatic heterocycles. The quantitative estimate of drug-likeness (QED) is 0.394. The summed E-state index contributed by atoms with van der Waals surface area (Å²) in [6.45, 7) is 0. The van der Waals surface area contributed by atoms with Crippen molar-refractivity contribution in [2.45, 2.75) is 0 Å². The van der Waals surface area contributed by atoms with Crippen LogP contribution in [0.3, 0.4) is 0 Å². The molecule has 16 heavy (non-hydrogen) atoms. The average molecular weight is 285 g/mol. The molecular weight excluding hydrogens is 280 g/mol. The van der Waals surface area contributed by atoms with Gasteiger partial charge in [-0.15, -0.1) is 0 Å². The molecule has 0 bridgehead atoms.